The molecular weight excluding hydrogens is 382 g/mol. The third-order valence-corrected chi connectivity index (χ3v) is 4.67. The molecule has 30 heavy (non-hydrogen) atoms. The van der Waals surface area contributed by atoms with E-state index in [-0.39, 0.29) is 6.54 Å². The van der Waals surface area contributed by atoms with Crippen molar-refractivity contribution in [2.75, 3.05) is 13.7 Å². The van der Waals surface area contributed by atoms with Gasteiger partial charge in [-0.15, -0.1) is 0 Å². The van der Waals surface area contributed by atoms with E-state index in [1.807, 2.05) is 75.5 Å². The summed E-state index contributed by atoms with van der Waals surface area (Å²) in [4.78, 5) is 15.4. The first-order chi connectivity index (χ1) is 14.3. The van der Waals surface area contributed by atoms with Crippen molar-refractivity contribution < 1.29 is 19.5 Å². The number of hydroxylamine groups is 2. The van der Waals surface area contributed by atoms with Crippen LogP contribution in [0.4, 0.5) is 4.79 Å². The lowest BCUT2D eigenvalue weighted by Gasteiger charge is -2.27. The van der Waals surface area contributed by atoms with Crippen LogP contribution in [0.3, 0.4) is 0 Å². The van der Waals surface area contributed by atoms with Crippen LogP contribution in [0.1, 0.15) is 37.9 Å². The van der Waals surface area contributed by atoms with E-state index in [1.165, 1.54) is 5.06 Å². The lowest BCUT2D eigenvalue weighted by molar-refractivity contribution is -0.135. The summed E-state index contributed by atoms with van der Waals surface area (Å²) in [5.41, 5.74) is 2.12. The third kappa shape index (κ3) is 5.52. The first kappa shape index (κ1) is 21.7. The molecule has 3 rings (SSSR count). The number of aromatic nitrogens is 1. The summed E-state index contributed by atoms with van der Waals surface area (Å²) in [5.74, 6) is 0.717. The predicted molar refractivity (Wildman–Crippen MR) is 116 cm³/mol. The molecule has 0 saturated heterocycles. The molecule has 1 aromatic heterocycles. The number of benzene rings is 2. The lowest BCUT2D eigenvalue weighted by atomic mass is 10.0. The zero-order chi connectivity index (χ0) is 21.7. The fourth-order valence-electron chi connectivity index (χ4n) is 3.27. The van der Waals surface area contributed by atoms with Crippen molar-refractivity contribution in [2.24, 2.45) is 0 Å². The SMILES string of the molecule is COc1ccc2[nH]cc(C(CNC(=O)OC(C)(C)C)N(O)Cc3ccccc3)c2c1. The Kier molecular flexibility index (Phi) is 6.64. The molecule has 3 aromatic rings. The van der Waals surface area contributed by atoms with Crippen LogP contribution < -0.4 is 10.1 Å². The van der Waals surface area contributed by atoms with Crippen LogP contribution in [0.15, 0.2) is 54.7 Å². The normalized spacial score (nSPS) is 12.7. The maximum absolute atomic E-state index is 12.2. The Morgan fingerprint density at radius 3 is 2.60 bits per heavy atom. The summed E-state index contributed by atoms with van der Waals surface area (Å²) in [5, 5.41) is 15.9. The van der Waals surface area contributed by atoms with Crippen LogP contribution in [-0.2, 0) is 11.3 Å². The molecule has 1 unspecified atom stereocenters. The second kappa shape index (κ2) is 9.19. The van der Waals surface area contributed by atoms with Gasteiger partial charge in [0.05, 0.1) is 13.2 Å². The first-order valence-electron chi connectivity index (χ1n) is 9.88. The Balaban J connectivity index is 1.88. The van der Waals surface area contributed by atoms with Gasteiger partial charge >= 0.3 is 6.09 Å². The minimum absolute atomic E-state index is 0.169. The largest absolute Gasteiger partial charge is 0.497 e. The van der Waals surface area contributed by atoms with Gasteiger partial charge in [-0.3, -0.25) is 0 Å². The number of nitrogens with one attached hydrogen (secondary N) is 2. The van der Waals surface area contributed by atoms with E-state index in [1.54, 1.807) is 7.11 Å². The van der Waals surface area contributed by atoms with Gasteiger partial charge in [0.2, 0.25) is 0 Å². The fraction of sp³-hybridized carbons (Fsp3) is 0.348. The number of nitrogens with zero attached hydrogens (tertiary/aromatic N) is 1. The van der Waals surface area contributed by atoms with E-state index in [0.717, 1.165) is 27.8 Å². The molecule has 0 aliphatic heterocycles. The Bertz CT molecular complexity index is 979. The number of hydrogen-bond donors (Lipinski definition) is 3. The molecule has 3 N–H and O–H groups in total. The number of methoxy groups -OCH3 is 1. The fourth-order valence-corrected chi connectivity index (χ4v) is 3.27. The summed E-state index contributed by atoms with van der Waals surface area (Å²) < 4.78 is 10.7. The average molecular weight is 412 g/mol. The number of H-pyrrole nitrogens is 1. The lowest BCUT2D eigenvalue weighted by Crippen LogP contribution is -2.39. The Morgan fingerprint density at radius 2 is 1.93 bits per heavy atom. The van der Waals surface area contributed by atoms with Gasteiger partial charge in [0, 0.05) is 30.2 Å². The Hall–Kier alpha value is -3.03. The molecule has 0 saturated carbocycles. The molecule has 0 aliphatic rings. The van der Waals surface area contributed by atoms with Crippen LogP contribution in [0.5, 0.6) is 5.75 Å². The van der Waals surface area contributed by atoms with Crippen molar-refractivity contribution in [3.63, 3.8) is 0 Å². The molecule has 0 fully saturated rings. The molecule has 1 heterocycles. The number of carbonyl (C=O) groups is 1. The monoisotopic (exact) mass is 411 g/mol. The van der Waals surface area contributed by atoms with Gasteiger partial charge in [-0.2, -0.15) is 5.06 Å². The van der Waals surface area contributed by atoms with E-state index in [4.69, 9.17) is 9.47 Å². The van der Waals surface area contributed by atoms with E-state index in [2.05, 4.69) is 10.3 Å². The minimum Gasteiger partial charge on any atom is -0.497 e. The van der Waals surface area contributed by atoms with Crippen molar-refractivity contribution in [3.05, 3.63) is 65.9 Å². The summed E-state index contributed by atoms with van der Waals surface area (Å²) in [7, 11) is 1.61. The van der Waals surface area contributed by atoms with Gasteiger partial charge in [-0.05, 0) is 50.1 Å². The number of amides is 1. The van der Waals surface area contributed by atoms with Crippen LogP contribution in [-0.4, -0.2) is 40.6 Å². The molecule has 0 spiro atoms. The van der Waals surface area contributed by atoms with Gasteiger partial charge in [-0.1, -0.05) is 30.3 Å². The molecule has 160 valence electrons. The van der Waals surface area contributed by atoms with Gasteiger partial charge < -0.3 is 25.0 Å². The number of alkyl carbamates (subject to hydrolysis) is 1. The minimum atomic E-state index is -0.601. The molecule has 7 nitrogen and oxygen atoms in total. The van der Waals surface area contributed by atoms with E-state index < -0.39 is 17.7 Å². The highest BCUT2D eigenvalue weighted by molar-refractivity contribution is 5.85. The van der Waals surface area contributed by atoms with Crippen LogP contribution in [0.2, 0.25) is 0 Å². The number of carbonyl (C=O) groups excluding carboxylic acids is 1. The topological polar surface area (TPSA) is 86.8 Å². The van der Waals surface area contributed by atoms with E-state index in [9.17, 15) is 10.0 Å². The summed E-state index contributed by atoms with van der Waals surface area (Å²) in [6, 6.07) is 14.9. The van der Waals surface area contributed by atoms with Crippen LogP contribution >= 0.6 is 0 Å². The maximum Gasteiger partial charge on any atom is 0.407 e. The molecule has 0 radical (unpaired) electrons. The quantitative estimate of drug-likeness (QED) is 0.493. The summed E-state index contributed by atoms with van der Waals surface area (Å²) in [6.07, 6.45) is 1.32. The zero-order valence-corrected chi connectivity index (χ0v) is 17.8. The molecular formula is C23H29N3O4. The number of rotatable bonds is 7. The highest BCUT2D eigenvalue weighted by Gasteiger charge is 2.25. The zero-order valence-electron chi connectivity index (χ0n) is 17.8. The molecule has 0 aliphatic carbocycles. The van der Waals surface area contributed by atoms with Gasteiger partial charge in [0.25, 0.3) is 0 Å². The average Bonchev–Trinajstić information content (AvgIpc) is 3.10. The number of ether oxygens (including phenoxy) is 2. The second-order valence-electron chi connectivity index (χ2n) is 8.14. The molecule has 1 atom stereocenters. The van der Waals surface area contributed by atoms with E-state index >= 15 is 0 Å². The van der Waals surface area contributed by atoms with E-state index in [0.29, 0.717) is 6.54 Å². The summed E-state index contributed by atoms with van der Waals surface area (Å²) in [6.45, 7) is 5.90. The molecule has 2 aromatic carbocycles. The first-order valence-corrected chi connectivity index (χ1v) is 9.88. The third-order valence-electron chi connectivity index (χ3n) is 4.67. The molecule has 0 bridgehead atoms. The van der Waals surface area contributed by atoms with Gasteiger partial charge in [-0.25, -0.2) is 4.79 Å². The Labute approximate surface area is 176 Å². The van der Waals surface area contributed by atoms with Crippen LogP contribution in [0, 0.1) is 0 Å². The van der Waals surface area contributed by atoms with Crippen molar-refractivity contribution >= 4 is 17.0 Å². The van der Waals surface area contributed by atoms with Gasteiger partial charge in [0.1, 0.15) is 11.4 Å². The maximum atomic E-state index is 12.2. The molecule has 7 heteroatoms. The molecule has 1 amide bonds. The van der Waals surface area contributed by atoms with Crippen molar-refractivity contribution in [1.29, 1.82) is 0 Å². The van der Waals surface area contributed by atoms with Crippen molar-refractivity contribution in [2.45, 2.75) is 39.0 Å². The van der Waals surface area contributed by atoms with Crippen molar-refractivity contribution in [1.82, 2.24) is 15.4 Å². The second-order valence-corrected chi connectivity index (χ2v) is 8.14. The standard InChI is InChI=1S/C23H29N3O4/c1-23(2,3)30-22(27)25-14-21(26(28)15-16-8-6-5-7-9-16)19-13-24-20-11-10-17(29-4)12-18(19)20/h5-13,21,24,28H,14-15H2,1-4H3,(H,25,27). The summed E-state index contributed by atoms with van der Waals surface area (Å²) >= 11 is 0. The number of hydrogen-bond acceptors (Lipinski definition) is 5. The van der Waals surface area contributed by atoms with Gasteiger partial charge in [0.15, 0.2) is 0 Å². The van der Waals surface area contributed by atoms with Crippen LogP contribution in [0.25, 0.3) is 10.9 Å². The predicted octanol–water partition coefficient (Wildman–Crippen LogP) is 4.63. The Morgan fingerprint density at radius 1 is 1.20 bits per heavy atom. The van der Waals surface area contributed by atoms with Crippen molar-refractivity contribution in [3.8, 4) is 5.75 Å². The highest BCUT2D eigenvalue weighted by Crippen LogP contribution is 2.31. The number of fused-ring (bicyclic) bond motifs is 1. The number of aromatic amines is 1. The smallest absolute Gasteiger partial charge is 0.407 e. The highest BCUT2D eigenvalue weighted by atomic mass is 16.6.